The van der Waals surface area contributed by atoms with E-state index in [0.717, 1.165) is 42.1 Å². The predicted octanol–water partition coefficient (Wildman–Crippen LogP) is 3.88. The van der Waals surface area contributed by atoms with Crippen LogP contribution in [-0.4, -0.2) is 17.6 Å². The minimum absolute atomic E-state index is 0.404. The highest BCUT2D eigenvalue weighted by Crippen LogP contribution is 2.23. The number of nitrogens with one attached hydrogen (secondary N) is 2. The van der Waals surface area contributed by atoms with E-state index >= 15 is 0 Å². The Bertz CT molecular complexity index is 800. The van der Waals surface area contributed by atoms with Gasteiger partial charge in [-0.15, -0.1) is 0 Å². The molecule has 3 heteroatoms. The Kier molecular flexibility index (Phi) is 4.26. The lowest BCUT2D eigenvalue weighted by Crippen LogP contribution is -2.34. The molecule has 3 aromatic rings. The van der Waals surface area contributed by atoms with Crippen molar-refractivity contribution >= 4 is 5.69 Å². The third kappa shape index (κ3) is 3.31. The summed E-state index contributed by atoms with van der Waals surface area (Å²) in [6.45, 7) is 1.70. The monoisotopic (exact) mass is 315 g/mol. The number of fused-ring (bicyclic) bond motifs is 1. The molecule has 2 aromatic carbocycles. The van der Waals surface area contributed by atoms with Crippen molar-refractivity contribution in [3.8, 4) is 11.3 Å². The first kappa shape index (κ1) is 14.9. The highest BCUT2D eigenvalue weighted by atomic mass is 15.0. The molecular weight excluding hydrogens is 294 g/mol. The molecule has 1 aromatic heterocycles. The zero-order chi connectivity index (χ0) is 16.2. The first-order valence-corrected chi connectivity index (χ1v) is 8.45. The normalized spacial score (nSPS) is 16.8. The minimum Gasteiger partial charge on any atom is -0.382 e. The van der Waals surface area contributed by atoms with E-state index in [2.05, 4.69) is 77.4 Å². The van der Waals surface area contributed by atoms with E-state index in [1.807, 2.05) is 6.07 Å². The molecule has 0 saturated carbocycles. The zero-order valence-corrected chi connectivity index (χ0v) is 13.6. The Hall–Kier alpha value is -2.65. The lowest BCUT2D eigenvalue weighted by atomic mass is 10.1. The summed E-state index contributed by atoms with van der Waals surface area (Å²) in [6, 6.07) is 25.6. The Balaban J connectivity index is 1.51. The number of aromatic nitrogens is 1. The number of anilines is 1. The van der Waals surface area contributed by atoms with E-state index in [4.69, 9.17) is 4.98 Å². The van der Waals surface area contributed by atoms with Crippen molar-refractivity contribution < 1.29 is 0 Å². The Morgan fingerprint density at radius 2 is 1.62 bits per heavy atom. The van der Waals surface area contributed by atoms with Crippen LogP contribution in [0, 0.1) is 0 Å². The van der Waals surface area contributed by atoms with Gasteiger partial charge in [0.25, 0.3) is 0 Å². The minimum atomic E-state index is 0.404. The van der Waals surface area contributed by atoms with Crippen LogP contribution in [0.5, 0.6) is 0 Å². The van der Waals surface area contributed by atoms with Crippen LogP contribution >= 0.6 is 0 Å². The van der Waals surface area contributed by atoms with Crippen LogP contribution in [0.2, 0.25) is 0 Å². The van der Waals surface area contributed by atoms with E-state index < -0.39 is 0 Å². The Morgan fingerprint density at radius 1 is 0.875 bits per heavy atom. The molecule has 0 unspecified atom stereocenters. The zero-order valence-electron chi connectivity index (χ0n) is 13.6. The third-order valence-electron chi connectivity index (χ3n) is 4.47. The van der Waals surface area contributed by atoms with Gasteiger partial charge in [-0.25, -0.2) is 4.98 Å². The maximum Gasteiger partial charge on any atom is 0.0780 e. The molecule has 0 bridgehead atoms. The molecule has 0 aliphatic carbocycles. The van der Waals surface area contributed by atoms with Crippen LogP contribution in [0.25, 0.3) is 11.3 Å². The van der Waals surface area contributed by atoms with Gasteiger partial charge in [-0.3, -0.25) is 0 Å². The smallest absolute Gasteiger partial charge is 0.0780 e. The molecule has 1 aliphatic heterocycles. The second kappa shape index (κ2) is 6.85. The van der Waals surface area contributed by atoms with E-state index in [-0.39, 0.29) is 0 Å². The summed E-state index contributed by atoms with van der Waals surface area (Å²) in [7, 11) is 0. The first-order chi connectivity index (χ1) is 11.9. The summed E-state index contributed by atoms with van der Waals surface area (Å²) in [6.07, 6.45) is 1.02. The van der Waals surface area contributed by atoms with Gasteiger partial charge in [-0.2, -0.15) is 0 Å². The number of nitrogens with zero attached hydrogens (tertiary/aromatic N) is 1. The molecule has 0 spiro atoms. The standard InChI is InChI=1S/C21H21N3/c1-3-7-16(8-4-1)13-18-14-23-20-12-11-19(24-21(20)15-22-18)17-9-5-2-6-10-17/h1-12,18,22-23H,13-15H2/t18-/m1/s1. The highest BCUT2D eigenvalue weighted by molar-refractivity contribution is 5.63. The number of benzene rings is 2. The summed E-state index contributed by atoms with van der Waals surface area (Å²) in [4.78, 5) is 4.86. The lowest BCUT2D eigenvalue weighted by molar-refractivity contribution is 0.533. The molecule has 4 rings (SSSR count). The van der Waals surface area contributed by atoms with Crippen molar-refractivity contribution in [1.82, 2.24) is 10.3 Å². The molecule has 2 N–H and O–H groups in total. The summed E-state index contributed by atoms with van der Waals surface area (Å²) < 4.78 is 0. The molecule has 0 saturated heterocycles. The van der Waals surface area contributed by atoms with Crippen molar-refractivity contribution in [2.45, 2.75) is 19.0 Å². The fourth-order valence-corrected chi connectivity index (χ4v) is 3.16. The summed E-state index contributed by atoms with van der Waals surface area (Å²) in [5, 5.41) is 7.19. The largest absolute Gasteiger partial charge is 0.382 e. The lowest BCUT2D eigenvalue weighted by Gasteiger charge is -2.15. The molecule has 24 heavy (non-hydrogen) atoms. The van der Waals surface area contributed by atoms with Gasteiger partial charge in [0.1, 0.15) is 0 Å². The van der Waals surface area contributed by atoms with Gasteiger partial charge >= 0.3 is 0 Å². The van der Waals surface area contributed by atoms with E-state index in [0.29, 0.717) is 6.04 Å². The molecule has 120 valence electrons. The summed E-state index contributed by atoms with van der Waals surface area (Å²) in [5.74, 6) is 0. The quantitative estimate of drug-likeness (QED) is 0.770. The fraction of sp³-hybridized carbons (Fsp3) is 0.190. The SMILES string of the molecule is c1ccc(C[C@@H]2CNc3ccc(-c4ccccc4)nc3CN2)cc1. The van der Waals surface area contributed by atoms with Crippen molar-refractivity contribution in [2.24, 2.45) is 0 Å². The number of hydrogen-bond donors (Lipinski definition) is 2. The van der Waals surface area contributed by atoms with Crippen LogP contribution in [0.15, 0.2) is 72.8 Å². The number of pyridine rings is 1. The van der Waals surface area contributed by atoms with Gasteiger partial charge in [0, 0.05) is 24.7 Å². The summed E-state index contributed by atoms with van der Waals surface area (Å²) in [5.41, 5.74) is 5.77. The first-order valence-electron chi connectivity index (χ1n) is 8.45. The second-order valence-electron chi connectivity index (χ2n) is 6.21. The van der Waals surface area contributed by atoms with Crippen molar-refractivity contribution in [3.63, 3.8) is 0 Å². The third-order valence-corrected chi connectivity index (χ3v) is 4.47. The molecule has 0 fully saturated rings. The number of hydrogen-bond acceptors (Lipinski definition) is 3. The van der Waals surface area contributed by atoms with Gasteiger partial charge in [-0.1, -0.05) is 60.7 Å². The van der Waals surface area contributed by atoms with Crippen molar-refractivity contribution in [2.75, 3.05) is 11.9 Å². The van der Waals surface area contributed by atoms with Gasteiger partial charge in [0.05, 0.1) is 17.1 Å². The fourth-order valence-electron chi connectivity index (χ4n) is 3.16. The maximum atomic E-state index is 4.86. The molecule has 2 heterocycles. The molecule has 0 amide bonds. The molecular formula is C21H21N3. The molecule has 0 radical (unpaired) electrons. The van der Waals surface area contributed by atoms with Crippen LogP contribution in [0.4, 0.5) is 5.69 Å². The summed E-state index contributed by atoms with van der Waals surface area (Å²) >= 11 is 0. The average Bonchev–Trinajstić information content (AvgIpc) is 2.85. The van der Waals surface area contributed by atoms with E-state index in [1.165, 1.54) is 5.56 Å². The van der Waals surface area contributed by atoms with Crippen LogP contribution in [0.1, 0.15) is 11.3 Å². The average molecular weight is 315 g/mol. The van der Waals surface area contributed by atoms with Gasteiger partial charge in [0.2, 0.25) is 0 Å². The highest BCUT2D eigenvalue weighted by Gasteiger charge is 2.16. The van der Waals surface area contributed by atoms with Crippen LogP contribution in [0.3, 0.4) is 0 Å². The Labute approximate surface area is 142 Å². The van der Waals surface area contributed by atoms with Crippen LogP contribution < -0.4 is 10.6 Å². The van der Waals surface area contributed by atoms with Crippen molar-refractivity contribution in [1.29, 1.82) is 0 Å². The van der Waals surface area contributed by atoms with Crippen molar-refractivity contribution in [3.05, 3.63) is 84.1 Å². The van der Waals surface area contributed by atoms with E-state index in [1.54, 1.807) is 0 Å². The van der Waals surface area contributed by atoms with Gasteiger partial charge in [0.15, 0.2) is 0 Å². The second-order valence-corrected chi connectivity index (χ2v) is 6.21. The van der Waals surface area contributed by atoms with Gasteiger partial charge in [-0.05, 0) is 24.1 Å². The predicted molar refractivity (Wildman–Crippen MR) is 98.9 cm³/mol. The molecule has 1 atom stereocenters. The van der Waals surface area contributed by atoms with E-state index in [9.17, 15) is 0 Å². The molecule has 1 aliphatic rings. The maximum absolute atomic E-state index is 4.86. The van der Waals surface area contributed by atoms with Crippen LogP contribution in [-0.2, 0) is 13.0 Å². The Morgan fingerprint density at radius 3 is 2.42 bits per heavy atom. The van der Waals surface area contributed by atoms with Gasteiger partial charge < -0.3 is 10.6 Å². The topological polar surface area (TPSA) is 37.0 Å². The molecule has 3 nitrogen and oxygen atoms in total. The number of rotatable bonds is 3.